The third kappa shape index (κ3) is 5.47. The van der Waals surface area contributed by atoms with Gasteiger partial charge in [0.2, 0.25) is 21.1 Å². The van der Waals surface area contributed by atoms with E-state index in [1.165, 1.54) is 20.7 Å². The lowest BCUT2D eigenvalue weighted by Gasteiger charge is -2.18. The average molecular weight is 475 g/mol. The minimum Gasteiger partial charge on any atom is -0.335 e. The van der Waals surface area contributed by atoms with Crippen LogP contribution in [0.3, 0.4) is 0 Å². The van der Waals surface area contributed by atoms with Gasteiger partial charge in [-0.2, -0.15) is 4.31 Å². The number of carbonyl (C=O) groups is 1. The van der Waals surface area contributed by atoms with Crippen molar-refractivity contribution in [3.63, 3.8) is 0 Å². The van der Waals surface area contributed by atoms with Gasteiger partial charge < -0.3 is 11.2 Å². The lowest BCUT2D eigenvalue weighted by Crippen LogP contribution is -2.30. The summed E-state index contributed by atoms with van der Waals surface area (Å²) < 4.78 is 28.3. The molecule has 0 fully saturated rings. The monoisotopic (exact) mass is 474 g/mol. The van der Waals surface area contributed by atoms with E-state index in [1.807, 2.05) is 30.3 Å². The van der Waals surface area contributed by atoms with Crippen LogP contribution in [0.25, 0.3) is 11.4 Å². The van der Waals surface area contributed by atoms with Crippen molar-refractivity contribution in [2.24, 2.45) is 0 Å². The molecule has 0 aliphatic rings. The van der Waals surface area contributed by atoms with Crippen LogP contribution in [-0.4, -0.2) is 52.3 Å². The lowest BCUT2D eigenvalue weighted by atomic mass is 10.2. The van der Waals surface area contributed by atoms with Gasteiger partial charge in [-0.05, 0) is 24.3 Å². The predicted molar refractivity (Wildman–Crippen MR) is 126 cm³/mol. The van der Waals surface area contributed by atoms with Crippen molar-refractivity contribution in [1.82, 2.24) is 19.2 Å². The molecule has 170 valence electrons. The summed E-state index contributed by atoms with van der Waals surface area (Å²) in [7, 11) is -3.60. The third-order valence-corrected chi connectivity index (χ3v) is 7.71. The molecule has 1 aromatic heterocycles. The Morgan fingerprint density at radius 2 is 1.81 bits per heavy atom. The second kappa shape index (κ2) is 10.6. The fourth-order valence-corrected chi connectivity index (χ4v) is 5.36. The molecule has 0 atom stereocenters. The van der Waals surface area contributed by atoms with E-state index in [2.05, 4.69) is 15.5 Å². The van der Waals surface area contributed by atoms with Gasteiger partial charge in [-0.15, -0.1) is 10.2 Å². The number of hydrogen-bond donors (Lipinski definition) is 2. The highest BCUT2D eigenvalue weighted by molar-refractivity contribution is 7.99. The van der Waals surface area contributed by atoms with Crippen molar-refractivity contribution >= 4 is 33.4 Å². The fraction of sp³-hybridized carbons (Fsp3) is 0.286. The largest absolute Gasteiger partial charge is 0.335 e. The zero-order valence-corrected chi connectivity index (χ0v) is 19.6. The van der Waals surface area contributed by atoms with Gasteiger partial charge in [-0.3, -0.25) is 4.79 Å². The molecule has 0 saturated heterocycles. The summed E-state index contributed by atoms with van der Waals surface area (Å²) in [5.41, 5.74) is 1.29. The Labute approximate surface area is 192 Å². The zero-order chi connectivity index (χ0) is 23.1. The number of rotatable bonds is 10. The summed E-state index contributed by atoms with van der Waals surface area (Å²) in [6.07, 6.45) is 0.277. The van der Waals surface area contributed by atoms with Gasteiger partial charge in [0.1, 0.15) is 0 Å². The van der Waals surface area contributed by atoms with E-state index >= 15 is 0 Å². The Hall–Kier alpha value is -2.89. The van der Waals surface area contributed by atoms with E-state index in [-0.39, 0.29) is 17.2 Å². The normalized spacial score (nSPS) is 11.6. The molecule has 0 radical (unpaired) electrons. The number of amides is 1. The Balaban J connectivity index is 1.68. The minimum absolute atomic E-state index is 0.110. The van der Waals surface area contributed by atoms with Gasteiger partial charge in [0.05, 0.1) is 4.90 Å². The highest BCUT2D eigenvalue weighted by atomic mass is 32.2. The number of nitrogens with one attached hydrogen (secondary N) is 1. The molecular formula is C21H26N6O3S2. The van der Waals surface area contributed by atoms with E-state index < -0.39 is 10.0 Å². The van der Waals surface area contributed by atoms with Crippen LogP contribution in [0.1, 0.15) is 20.3 Å². The molecule has 3 rings (SSSR count). The van der Waals surface area contributed by atoms with Crippen LogP contribution in [-0.2, 0) is 14.8 Å². The molecule has 1 heterocycles. The molecule has 0 saturated carbocycles. The van der Waals surface area contributed by atoms with Gasteiger partial charge >= 0.3 is 0 Å². The number of hydrogen-bond acceptors (Lipinski definition) is 7. The standard InChI is InChI=1S/C21H26N6O3S2/c1-3-26(4-2)32(29,30)18-12-8-9-16(15-18)20-24-25-21(27(20)22)31-14-13-19(28)23-17-10-6-5-7-11-17/h5-12,15H,3-4,13-14,22H2,1-2H3,(H,23,28). The number of thioether (sulfide) groups is 1. The molecule has 0 aliphatic heterocycles. The first-order valence-electron chi connectivity index (χ1n) is 10.2. The van der Waals surface area contributed by atoms with Crippen LogP contribution in [0.2, 0.25) is 0 Å². The number of anilines is 1. The first-order valence-corrected chi connectivity index (χ1v) is 12.6. The second-order valence-electron chi connectivity index (χ2n) is 6.81. The van der Waals surface area contributed by atoms with Gasteiger partial charge in [-0.1, -0.05) is 55.9 Å². The molecule has 0 spiro atoms. The summed E-state index contributed by atoms with van der Waals surface area (Å²) in [6.45, 7) is 4.36. The van der Waals surface area contributed by atoms with Crippen LogP contribution in [0.5, 0.6) is 0 Å². The zero-order valence-electron chi connectivity index (χ0n) is 17.9. The van der Waals surface area contributed by atoms with Gasteiger partial charge in [0.15, 0.2) is 5.82 Å². The van der Waals surface area contributed by atoms with E-state index in [0.29, 0.717) is 35.4 Å². The topological polar surface area (TPSA) is 123 Å². The SMILES string of the molecule is CCN(CC)S(=O)(=O)c1cccc(-c2nnc(SCCC(=O)Nc3ccccc3)n2N)c1. The van der Waals surface area contributed by atoms with E-state index in [9.17, 15) is 13.2 Å². The summed E-state index contributed by atoms with van der Waals surface area (Å²) in [4.78, 5) is 12.3. The minimum atomic E-state index is -3.60. The van der Waals surface area contributed by atoms with Crippen LogP contribution < -0.4 is 11.2 Å². The van der Waals surface area contributed by atoms with Crippen LogP contribution >= 0.6 is 11.8 Å². The summed E-state index contributed by atoms with van der Waals surface area (Å²) in [5, 5.41) is 11.5. The maximum absolute atomic E-state index is 12.8. The smallest absolute Gasteiger partial charge is 0.243 e. The predicted octanol–water partition coefficient (Wildman–Crippen LogP) is 2.81. The average Bonchev–Trinajstić information content (AvgIpc) is 3.15. The highest BCUT2D eigenvalue weighted by Crippen LogP contribution is 2.25. The first-order chi connectivity index (χ1) is 15.4. The molecule has 2 aromatic carbocycles. The van der Waals surface area contributed by atoms with Crippen molar-refractivity contribution in [2.75, 3.05) is 30.0 Å². The number of sulfonamides is 1. The molecule has 32 heavy (non-hydrogen) atoms. The Morgan fingerprint density at radius 1 is 1.09 bits per heavy atom. The number of nitrogens with zero attached hydrogens (tertiary/aromatic N) is 4. The van der Waals surface area contributed by atoms with Crippen LogP contribution in [0.15, 0.2) is 64.6 Å². The number of nitrogens with two attached hydrogens (primary N) is 1. The molecular weight excluding hydrogens is 448 g/mol. The molecule has 9 nitrogen and oxygen atoms in total. The van der Waals surface area contributed by atoms with Gasteiger partial charge in [0.25, 0.3) is 0 Å². The van der Waals surface area contributed by atoms with Crippen LogP contribution in [0, 0.1) is 0 Å². The van der Waals surface area contributed by atoms with Crippen molar-refractivity contribution < 1.29 is 13.2 Å². The molecule has 1 amide bonds. The van der Waals surface area contributed by atoms with Crippen molar-refractivity contribution in [2.45, 2.75) is 30.3 Å². The summed E-state index contributed by atoms with van der Waals surface area (Å²) >= 11 is 1.30. The van der Waals surface area contributed by atoms with E-state index in [0.717, 1.165) is 5.69 Å². The summed E-state index contributed by atoms with van der Waals surface area (Å²) in [6, 6.07) is 15.7. The number of nitrogen functional groups attached to an aromatic ring is 1. The van der Waals surface area contributed by atoms with E-state index in [4.69, 9.17) is 5.84 Å². The van der Waals surface area contributed by atoms with Crippen LogP contribution in [0.4, 0.5) is 5.69 Å². The number of aromatic nitrogens is 3. The maximum atomic E-state index is 12.8. The Kier molecular flexibility index (Phi) is 7.89. The Bertz CT molecular complexity index is 1160. The molecule has 11 heteroatoms. The number of benzene rings is 2. The summed E-state index contributed by atoms with van der Waals surface area (Å²) in [5.74, 6) is 6.86. The number of para-hydroxylation sites is 1. The third-order valence-electron chi connectivity index (χ3n) is 4.72. The van der Waals surface area contributed by atoms with Crippen molar-refractivity contribution in [1.29, 1.82) is 0 Å². The fourth-order valence-electron chi connectivity index (χ4n) is 3.06. The van der Waals surface area contributed by atoms with E-state index in [1.54, 1.807) is 38.1 Å². The molecule has 0 unspecified atom stereocenters. The number of carbonyl (C=O) groups excluding carboxylic acids is 1. The molecule has 0 aliphatic carbocycles. The maximum Gasteiger partial charge on any atom is 0.243 e. The van der Waals surface area contributed by atoms with Gasteiger partial charge in [0, 0.05) is 36.5 Å². The molecule has 0 bridgehead atoms. The van der Waals surface area contributed by atoms with Crippen molar-refractivity contribution in [3.05, 3.63) is 54.6 Å². The first kappa shape index (κ1) is 23.8. The molecule has 3 aromatic rings. The lowest BCUT2D eigenvalue weighted by molar-refractivity contribution is -0.115. The quantitative estimate of drug-likeness (QED) is 0.342. The highest BCUT2D eigenvalue weighted by Gasteiger charge is 2.23. The van der Waals surface area contributed by atoms with Gasteiger partial charge in [-0.25, -0.2) is 13.1 Å². The second-order valence-corrected chi connectivity index (χ2v) is 9.81. The van der Waals surface area contributed by atoms with Crippen molar-refractivity contribution in [3.8, 4) is 11.4 Å². The molecule has 3 N–H and O–H groups in total. The Morgan fingerprint density at radius 3 is 2.50 bits per heavy atom.